The predicted molar refractivity (Wildman–Crippen MR) is 115 cm³/mol. The average molecular weight is 442 g/mol. The van der Waals surface area contributed by atoms with Crippen molar-refractivity contribution in [3.63, 3.8) is 0 Å². The number of nitrogens with zero attached hydrogens (tertiary/aromatic N) is 3. The summed E-state index contributed by atoms with van der Waals surface area (Å²) in [7, 11) is 0. The summed E-state index contributed by atoms with van der Waals surface area (Å²) in [6.45, 7) is 6.97. The molecule has 0 unspecified atom stereocenters. The minimum absolute atomic E-state index is 0.267. The number of rotatable bonds is 5. The van der Waals surface area contributed by atoms with Crippen molar-refractivity contribution < 1.29 is 18.8 Å². The Hall–Kier alpha value is -2.64. The topological polar surface area (TPSA) is 79.4 Å². The van der Waals surface area contributed by atoms with Gasteiger partial charge in [-0.2, -0.15) is 5.10 Å². The quantitative estimate of drug-likeness (QED) is 0.518. The number of aromatic nitrogens is 3. The molecule has 1 saturated heterocycles. The smallest absolute Gasteiger partial charge is 0.344 e. The lowest BCUT2D eigenvalue weighted by atomic mass is 9.82. The Kier molecular flexibility index (Phi) is 5.10. The van der Waals surface area contributed by atoms with Gasteiger partial charge in [-0.15, -0.1) is 0 Å². The SMILES string of the molecule is Cc1ccc(Cl)c(-c2noc(-c3cnn([C@H]4C[C@H](C)C4)c3C)c2C(=O)OC2COC2)c1. The van der Waals surface area contributed by atoms with Gasteiger partial charge in [-0.25, -0.2) is 4.79 Å². The third-order valence-corrected chi connectivity index (χ3v) is 6.47. The molecule has 0 bridgehead atoms. The Labute approximate surface area is 185 Å². The van der Waals surface area contributed by atoms with Crippen molar-refractivity contribution in [2.75, 3.05) is 13.2 Å². The summed E-state index contributed by atoms with van der Waals surface area (Å²) in [6, 6.07) is 5.96. The first-order valence-corrected chi connectivity index (χ1v) is 10.9. The fraction of sp³-hybridized carbons (Fsp3) is 0.435. The van der Waals surface area contributed by atoms with Crippen LogP contribution in [-0.2, 0) is 9.47 Å². The van der Waals surface area contributed by atoms with Crippen molar-refractivity contribution in [3.05, 3.63) is 46.2 Å². The molecule has 8 heteroatoms. The van der Waals surface area contributed by atoms with Crippen LogP contribution in [0.4, 0.5) is 0 Å². The molecule has 5 rings (SSSR count). The minimum Gasteiger partial charge on any atom is -0.454 e. The van der Waals surface area contributed by atoms with Gasteiger partial charge >= 0.3 is 5.97 Å². The first kappa shape index (κ1) is 20.3. The molecular weight excluding hydrogens is 418 g/mol. The first-order chi connectivity index (χ1) is 14.9. The average Bonchev–Trinajstić information content (AvgIpc) is 3.27. The van der Waals surface area contributed by atoms with Crippen LogP contribution in [-0.4, -0.2) is 40.2 Å². The zero-order valence-corrected chi connectivity index (χ0v) is 18.5. The maximum Gasteiger partial charge on any atom is 0.344 e. The van der Waals surface area contributed by atoms with E-state index in [-0.39, 0.29) is 11.7 Å². The van der Waals surface area contributed by atoms with Crippen LogP contribution >= 0.6 is 11.6 Å². The summed E-state index contributed by atoms with van der Waals surface area (Å²) in [5.74, 6) is 0.558. The molecule has 2 aromatic heterocycles. The van der Waals surface area contributed by atoms with E-state index in [2.05, 4.69) is 17.2 Å². The number of ether oxygens (including phenoxy) is 2. The molecule has 162 valence electrons. The number of benzene rings is 1. The Bertz CT molecular complexity index is 1140. The molecule has 0 radical (unpaired) electrons. The number of carbonyl (C=O) groups is 1. The van der Waals surface area contributed by atoms with Crippen molar-refractivity contribution in [1.82, 2.24) is 14.9 Å². The summed E-state index contributed by atoms with van der Waals surface area (Å²) < 4.78 is 18.5. The highest BCUT2D eigenvalue weighted by Gasteiger charge is 2.34. The molecule has 0 amide bonds. The Morgan fingerprint density at radius 1 is 1.23 bits per heavy atom. The van der Waals surface area contributed by atoms with Crippen molar-refractivity contribution >= 4 is 17.6 Å². The van der Waals surface area contributed by atoms with Gasteiger partial charge in [-0.1, -0.05) is 35.3 Å². The molecule has 0 spiro atoms. The molecule has 3 heterocycles. The second-order valence-electron chi connectivity index (χ2n) is 8.60. The zero-order chi connectivity index (χ0) is 21.7. The van der Waals surface area contributed by atoms with E-state index in [9.17, 15) is 4.79 Å². The summed E-state index contributed by atoms with van der Waals surface area (Å²) in [4.78, 5) is 13.2. The highest BCUT2D eigenvalue weighted by atomic mass is 35.5. The number of esters is 1. The fourth-order valence-electron chi connectivity index (χ4n) is 4.23. The van der Waals surface area contributed by atoms with Gasteiger partial charge in [0.25, 0.3) is 0 Å². The van der Waals surface area contributed by atoms with Crippen LogP contribution in [0.25, 0.3) is 22.6 Å². The van der Waals surface area contributed by atoms with Gasteiger partial charge in [-0.05, 0) is 44.7 Å². The van der Waals surface area contributed by atoms with Crippen LogP contribution in [0.15, 0.2) is 28.9 Å². The maximum absolute atomic E-state index is 13.2. The number of carbonyl (C=O) groups excluding carboxylic acids is 1. The molecule has 3 aromatic rings. The molecule has 2 fully saturated rings. The molecule has 31 heavy (non-hydrogen) atoms. The van der Waals surface area contributed by atoms with Gasteiger partial charge in [0.05, 0.1) is 36.0 Å². The highest BCUT2D eigenvalue weighted by molar-refractivity contribution is 6.33. The summed E-state index contributed by atoms with van der Waals surface area (Å²) >= 11 is 6.45. The largest absolute Gasteiger partial charge is 0.454 e. The zero-order valence-electron chi connectivity index (χ0n) is 17.7. The second-order valence-corrected chi connectivity index (χ2v) is 9.01. The van der Waals surface area contributed by atoms with Crippen LogP contribution in [0.3, 0.4) is 0 Å². The minimum atomic E-state index is -0.499. The van der Waals surface area contributed by atoms with E-state index in [1.807, 2.05) is 30.7 Å². The predicted octanol–water partition coefficient (Wildman–Crippen LogP) is 5.00. The van der Waals surface area contributed by atoms with E-state index in [4.69, 9.17) is 25.6 Å². The monoisotopic (exact) mass is 441 g/mol. The lowest BCUT2D eigenvalue weighted by molar-refractivity contribution is -0.103. The maximum atomic E-state index is 13.2. The molecule has 7 nitrogen and oxygen atoms in total. The summed E-state index contributed by atoms with van der Waals surface area (Å²) in [5, 5.41) is 9.32. The van der Waals surface area contributed by atoms with E-state index in [1.54, 1.807) is 12.3 Å². The Balaban J connectivity index is 1.60. The van der Waals surface area contributed by atoms with Crippen LogP contribution < -0.4 is 0 Å². The lowest BCUT2D eigenvalue weighted by Gasteiger charge is -2.33. The van der Waals surface area contributed by atoms with Gasteiger partial charge in [0.2, 0.25) is 0 Å². The van der Waals surface area contributed by atoms with Gasteiger partial charge in [0.1, 0.15) is 17.4 Å². The molecule has 0 atom stereocenters. The number of hydrogen-bond acceptors (Lipinski definition) is 6. The summed E-state index contributed by atoms with van der Waals surface area (Å²) in [6.07, 6.45) is 3.67. The standard InChI is InChI=1S/C23H24ClN3O4/c1-12-4-5-19(24)17(8-12)21-20(23(28)30-16-10-29-11-16)22(31-26-21)18-9-25-27(14(18)3)15-6-13(2)7-15/h4-5,8-9,13,15-16H,6-7,10-11H2,1-3H3/t13-,15-. The number of aryl methyl sites for hydroxylation is 1. The van der Waals surface area contributed by atoms with E-state index < -0.39 is 5.97 Å². The van der Waals surface area contributed by atoms with Gasteiger partial charge in [-0.3, -0.25) is 4.68 Å². The second kappa shape index (κ2) is 7.80. The molecule has 2 aliphatic rings. The van der Waals surface area contributed by atoms with Crippen molar-refractivity contribution in [3.8, 4) is 22.6 Å². The van der Waals surface area contributed by atoms with Crippen LogP contribution in [0.2, 0.25) is 5.02 Å². The van der Waals surface area contributed by atoms with E-state index in [1.165, 1.54) is 0 Å². The summed E-state index contributed by atoms with van der Waals surface area (Å²) in [5.41, 5.74) is 3.95. The third kappa shape index (κ3) is 3.55. The number of hydrogen-bond donors (Lipinski definition) is 0. The van der Waals surface area contributed by atoms with E-state index in [0.717, 1.165) is 29.7 Å². The number of halogens is 1. The Morgan fingerprint density at radius 3 is 2.68 bits per heavy atom. The molecular formula is C23H24ClN3O4. The van der Waals surface area contributed by atoms with Gasteiger partial charge < -0.3 is 14.0 Å². The van der Waals surface area contributed by atoms with Gasteiger partial charge in [0, 0.05) is 11.3 Å². The molecule has 1 saturated carbocycles. The van der Waals surface area contributed by atoms with Crippen LogP contribution in [0.5, 0.6) is 0 Å². The third-order valence-electron chi connectivity index (χ3n) is 6.14. The highest BCUT2D eigenvalue weighted by Crippen LogP contribution is 2.41. The lowest BCUT2D eigenvalue weighted by Crippen LogP contribution is -2.37. The van der Waals surface area contributed by atoms with Crippen molar-refractivity contribution in [2.24, 2.45) is 5.92 Å². The van der Waals surface area contributed by atoms with Crippen LogP contribution in [0, 0.1) is 19.8 Å². The fourth-order valence-corrected chi connectivity index (χ4v) is 4.44. The normalized spacial score (nSPS) is 20.9. The molecule has 1 aliphatic carbocycles. The Morgan fingerprint density at radius 2 is 2.00 bits per heavy atom. The first-order valence-electron chi connectivity index (χ1n) is 10.5. The van der Waals surface area contributed by atoms with E-state index in [0.29, 0.717) is 47.2 Å². The van der Waals surface area contributed by atoms with Crippen LogP contribution in [0.1, 0.15) is 47.4 Å². The van der Waals surface area contributed by atoms with Gasteiger partial charge in [0.15, 0.2) is 5.76 Å². The van der Waals surface area contributed by atoms with E-state index >= 15 is 0 Å². The van der Waals surface area contributed by atoms with Crippen molar-refractivity contribution in [2.45, 2.75) is 45.8 Å². The molecule has 1 aromatic carbocycles. The molecule has 0 N–H and O–H groups in total. The molecule has 1 aliphatic heterocycles. The van der Waals surface area contributed by atoms with Crippen molar-refractivity contribution in [1.29, 1.82) is 0 Å².